The van der Waals surface area contributed by atoms with Crippen molar-refractivity contribution in [2.45, 2.75) is 26.3 Å². The molecule has 4 heteroatoms. The average molecular weight is 213 g/mol. The van der Waals surface area contributed by atoms with Gasteiger partial charge < -0.3 is 10.6 Å². The second-order valence-corrected chi connectivity index (χ2v) is 4.76. The Balaban J connectivity index is 2.69. The van der Waals surface area contributed by atoms with Crippen molar-refractivity contribution in [3.05, 3.63) is 0 Å². The molecule has 0 radical (unpaired) electrons. The van der Waals surface area contributed by atoms with Crippen LogP contribution in [0.4, 0.5) is 0 Å². The smallest absolute Gasteiger partial charge is 0.241 e. The molecule has 0 aromatic rings. The second-order valence-electron chi connectivity index (χ2n) is 4.76. The second kappa shape index (κ2) is 5.47. The standard InChI is InChI=1S/C11H23N3O/c1-9(2)8-14-6-4-5-13(3)10(7-12)11(14)15/h9-10H,4-8,12H2,1-3H3. The van der Waals surface area contributed by atoms with E-state index in [-0.39, 0.29) is 11.9 Å². The third-order valence-corrected chi connectivity index (χ3v) is 2.88. The summed E-state index contributed by atoms with van der Waals surface area (Å²) < 4.78 is 0. The Morgan fingerprint density at radius 1 is 1.47 bits per heavy atom. The number of hydrogen-bond donors (Lipinski definition) is 1. The quantitative estimate of drug-likeness (QED) is 0.725. The summed E-state index contributed by atoms with van der Waals surface area (Å²) >= 11 is 0. The van der Waals surface area contributed by atoms with E-state index in [1.54, 1.807) is 0 Å². The van der Waals surface area contributed by atoms with Gasteiger partial charge in [0.25, 0.3) is 0 Å². The van der Waals surface area contributed by atoms with Gasteiger partial charge in [-0.05, 0) is 19.4 Å². The number of hydrogen-bond acceptors (Lipinski definition) is 3. The monoisotopic (exact) mass is 213 g/mol. The SMILES string of the molecule is CC(C)CN1CCCN(C)C(CN)C1=O. The van der Waals surface area contributed by atoms with Crippen LogP contribution >= 0.6 is 0 Å². The van der Waals surface area contributed by atoms with Crippen LogP contribution in [0.2, 0.25) is 0 Å². The fourth-order valence-corrected chi connectivity index (χ4v) is 2.08. The maximum atomic E-state index is 12.1. The summed E-state index contributed by atoms with van der Waals surface area (Å²) in [5, 5.41) is 0. The molecular formula is C11H23N3O. The number of nitrogens with two attached hydrogens (primary N) is 1. The van der Waals surface area contributed by atoms with Crippen molar-refractivity contribution in [2.75, 3.05) is 33.2 Å². The Kier molecular flexibility index (Phi) is 4.54. The minimum absolute atomic E-state index is 0.119. The lowest BCUT2D eigenvalue weighted by molar-refractivity contribution is -0.135. The summed E-state index contributed by atoms with van der Waals surface area (Å²) in [4.78, 5) is 16.2. The van der Waals surface area contributed by atoms with Gasteiger partial charge in [0.15, 0.2) is 0 Å². The van der Waals surface area contributed by atoms with Crippen LogP contribution < -0.4 is 5.73 Å². The number of carbonyl (C=O) groups excluding carboxylic acids is 1. The molecule has 1 saturated heterocycles. The van der Waals surface area contributed by atoms with Crippen LogP contribution in [-0.4, -0.2) is 55.0 Å². The Labute approximate surface area is 92.4 Å². The minimum atomic E-state index is -0.119. The zero-order valence-corrected chi connectivity index (χ0v) is 10.1. The van der Waals surface area contributed by atoms with Crippen LogP contribution in [0.3, 0.4) is 0 Å². The molecule has 1 fully saturated rings. The van der Waals surface area contributed by atoms with E-state index in [2.05, 4.69) is 18.7 Å². The molecule has 1 atom stereocenters. The summed E-state index contributed by atoms with van der Waals surface area (Å²) in [6.45, 7) is 7.38. The predicted octanol–water partition coefficient (Wildman–Crippen LogP) is 0.134. The molecule has 0 aromatic carbocycles. The van der Waals surface area contributed by atoms with E-state index in [9.17, 15) is 4.79 Å². The number of rotatable bonds is 3. The lowest BCUT2D eigenvalue weighted by atomic mass is 10.2. The number of nitrogens with zero attached hydrogens (tertiary/aromatic N) is 2. The van der Waals surface area contributed by atoms with Gasteiger partial charge >= 0.3 is 0 Å². The highest BCUT2D eigenvalue weighted by Crippen LogP contribution is 2.11. The van der Waals surface area contributed by atoms with Gasteiger partial charge in [-0.2, -0.15) is 0 Å². The molecule has 1 aliphatic rings. The molecule has 0 bridgehead atoms. The van der Waals surface area contributed by atoms with Crippen LogP contribution in [0.25, 0.3) is 0 Å². The van der Waals surface area contributed by atoms with E-state index >= 15 is 0 Å². The summed E-state index contributed by atoms with van der Waals surface area (Å²) in [5.74, 6) is 0.724. The molecule has 0 aliphatic carbocycles. The van der Waals surface area contributed by atoms with Crippen molar-refractivity contribution in [3.8, 4) is 0 Å². The van der Waals surface area contributed by atoms with Crippen molar-refractivity contribution < 1.29 is 4.79 Å². The maximum absolute atomic E-state index is 12.1. The molecule has 2 N–H and O–H groups in total. The summed E-state index contributed by atoms with van der Waals surface area (Å²) in [5.41, 5.74) is 5.66. The van der Waals surface area contributed by atoms with Gasteiger partial charge in [-0.15, -0.1) is 0 Å². The highest BCUT2D eigenvalue weighted by molar-refractivity contribution is 5.82. The van der Waals surface area contributed by atoms with Crippen molar-refractivity contribution >= 4 is 5.91 Å². The number of amides is 1. The first kappa shape index (κ1) is 12.5. The highest BCUT2D eigenvalue weighted by Gasteiger charge is 2.29. The number of likely N-dealkylation sites (N-methyl/N-ethyl adjacent to an activating group) is 1. The molecule has 1 heterocycles. The van der Waals surface area contributed by atoms with E-state index in [1.165, 1.54) is 0 Å². The Morgan fingerprint density at radius 2 is 2.13 bits per heavy atom. The molecule has 1 amide bonds. The van der Waals surface area contributed by atoms with Crippen LogP contribution in [0.1, 0.15) is 20.3 Å². The lowest BCUT2D eigenvalue weighted by Crippen LogP contribution is -2.49. The Hall–Kier alpha value is -0.610. The van der Waals surface area contributed by atoms with E-state index < -0.39 is 0 Å². The fraction of sp³-hybridized carbons (Fsp3) is 0.909. The molecule has 0 aromatic heterocycles. The van der Waals surface area contributed by atoms with Gasteiger partial charge in [0.2, 0.25) is 5.91 Å². The molecule has 1 unspecified atom stereocenters. The Bertz CT molecular complexity index is 218. The van der Waals surface area contributed by atoms with Crippen LogP contribution in [0.15, 0.2) is 0 Å². The van der Waals surface area contributed by atoms with Gasteiger partial charge in [0, 0.05) is 26.2 Å². The van der Waals surface area contributed by atoms with Gasteiger partial charge in [-0.1, -0.05) is 13.8 Å². The molecular weight excluding hydrogens is 190 g/mol. The summed E-state index contributed by atoms with van der Waals surface area (Å²) in [6, 6.07) is -0.119. The first-order valence-corrected chi connectivity index (χ1v) is 5.75. The largest absolute Gasteiger partial charge is 0.341 e. The Morgan fingerprint density at radius 3 is 2.67 bits per heavy atom. The van der Waals surface area contributed by atoms with E-state index in [0.29, 0.717) is 12.5 Å². The summed E-state index contributed by atoms with van der Waals surface area (Å²) in [7, 11) is 1.98. The predicted molar refractivity (Wildman–Crippen MR) is 61.5 cm³/mol. The lowest BCUT2D eigenvalue weighted by Gasteiger charge is -2.28. The van der Waals surface area contributed by atoms with E-state index in [0.717, 1.165) is 26.1 Å². The highest BCUT2D eigenvalue weighted by atomic mass is 16.2. The summed E-state index contributed by atoms with van der Waals surface area (Å²) in [6.07, 6.45) is 1.05. The normalized spacial score (nSPS) is 24.7. The van der Waals surface area contributed by atoms with Crippen LogP contribution in [0.5, 0.6) is 0 Å². The molecule has 88 valence electrons. The molecule has 15 heavy (non-hydrogen) atoms. The third kappa shape index (κ3) is 3.18. The third-order valence-electron chi connectivity index (χ3n) is 2.88. The molecule has 1 rings (SSSR count). The van der Waals surface area contributed by atoms with Gasteiger partial charge in [0.05, 0.1) is 0 Å². The maximum Gasteiger partial charge on any atom is 0.241 e. The zero-order chi connectivity index (χ0) is 11.4. The molecule has 4 nitrogen and oxygen atoms in total. The topological polar surface area (TPSA) is 49.6 Å². The van der Waals surface area contributed by atoms with Gasteiger partial charge in [-0.3, -0.25) is 9.69 Å². The zero-order valence-electron chi connectivity index (χ0n) is 10.1. The van der Waals surface area contributed by atoms with Crippen molar-refractivity contribution in [3.63, 3.8) is 0 Å². The van der Waals surface area contributed by atoms with Crippen molar-refractivity contribution in [1.82, 2.24) is 9.80 Å². The molecule has 0 saturated carbocycles. The van der Waals surface area contributed by atoms with Crippen LogP contribution in [0, 0.1) is 5.92 Å². The van der Waals surface area contributed by atoms with Crippen molar-refractivity contribution in [2.24, 2.45) is 11.7 Å². The minimum Gasteiger partial charge on any atom is -0.341 e. The van der Waals surface area contributed by atoms with Gasteiger partial charge in [-0.25, -0.2) is 0 Å². The average Bonchev–Trinajstić information content (AvgIpc) is 2.27. The van der Waals surface area contributed by atoms with E-state index in [4.69, 9.17) is 5.73 Å². The van der Waals surface area contributed by atoms with Gasteiger partial charge in [0.1, 0.15) is 6.04 Å². The van der Waals surface area contributed by atoms with Crippen molar-refractivity contribution in [1.29, 1.82) is 0 Å². The van der Waals surface area contributed by atoms with E-state index in [1.807, 2.05) is 11.9 Å². The first-order valence-electron chi connectivity index (χ1n) is 5.75. The van der Waals surface area contributed by atoms with Crippen LogP contribution in [-0.2, 0) is 4.79 Å². The first-order chi connectivity index (χ1) is 7.06. The number of carbonyl (C=O) groups is 1. The fourth-order valence-electron chi connectivity index (χ4n) is 2.08. The molecule has 0 spiro atoms. The molecule has 1 aliphatic heterocycles.